The van der Waals surface area contributed by atoms with Gasteiger partial charge in [-0.05, 0) is 55.7 Å². The lowest BCUT2D eigenvalue weighted by Gasteiger charge is -2.08. The Morgan fingerprint density at radius 3 is 2.37 bits per heavy atom. The summed E-state index contributed by atoms with van der Waals surface area (Å²) in [6, 6.07) is 12.1. The highest BCUT2D eigenvalue weighted by Gasteiger charge is 2.06. The van der Waals surface area contributed by atoms with E-state index < -0.39 is 0 Å². The van der Waals surface area contributed by atoms with Gasteiger partial charge in [0.25, 0.3) is 0 Å². The standard InChI is InChI=1S/C17H16N2/c1-12-8-13(2)16(14(3)9-12)10-15(11-18)17-6-4-5-7-19-17/h4-10H,1-3H3/b15-10+. The molecule has 2 nitrogen and oxygen atoms in total. The smallest absolute Gasteiger partial charge is 0.101 e. The molecule has 0 amide bonds. The van der Waals surface area contributed by atoms with Crippen LogP contribution in [0, 0.1) is 32.1 Å². The molecule has 1 aromatic carbocycles. The van der Waals surface area contributed by atoms with Gasteiger partial charge in [0, 0.05) is 6.20 Å². The number of benzene rings is 1. The van der Waals surface area contributed by atoms with E-state index >= 15 is 0 Å². The highest BCUT2D eigenvalue weighted by molar-refractivity contribution is 5.89. The van der Waals surface area contributed by atoms with E-state index in [2.05, 4.69) is 44.0 Å². The second kappa shape index (κ2) is 5.49. The molecule has 0 saturated carbocycles. The monoisotopic (exact) mass is 248 g/mol. The van der Waals surface area contributed by atoms with E-state index in [1.807, 2.05) is 24.3 Å². The number of hydrogen-bond acceptors (Lipinski definition) is 2. The number of allylic oxidation sites excluding steroid dienone is 1. The van der Waals surface area contributed by atoms with Crippen molar-refractivity contribution in [2.75, 3.05) is 0 Å². The van der Waals surface area contributed by atoms with Crippen LogP contribution in [0.4, 0.5) is 0 Å². The first-order valence-electron chi connectivity index (χ1n) is 6.23. The molecule has 1 aromatic heterocycles. The van der Waals surface area contributed by atoms with Gasteiger partial charge in [-0.1, -0.05) is 23.8 Å². The molecule has 0 fully saturated rings. The SMILES string of the molecule is Cc1cc(C)c(/C=C(\C#N)c2ccccn2)c(C)c1. The van der Waals surface area contributed by atoms with Gasteiger partial charge in [-0.25, -0.2) is 0 Å². The van der Waals surface area contributed by atoms with Crippen molar-refractivity contribution in [1.29, 1.82) is 5.26 Å². The molecule has 19 heavy (non-hydrogen) atoms. The summed E-state index contributed by atoms with van der Waals surface area (Å²) in [6.45, 7) is 6.22. The second-order valence-corrected chi connectivity index (χ2v) is 4.70. The normalized spacial score (nSPS) is 11.2. The maximum absolute atomic E-state index is 9.32. The van der Waals surface area contributed by atoms with Crippen LogP contribution in [0.25, 0.3) is 11.6 Å². The molecule has 0 spiro atoms. The second-order valence-electron chi connectivity index (χ2n) is 4.70. The first kappa shape index (κ1) is 13.0. The number of nitriles is 1. The summed E-state index contributed by atoms with van der Waals surface area (Å²) < 4.78 is 0. The molecule has 0 aliphatic rings. The number of pyridine rings is 1. The molecule has 1 heterocycles. The van der Waals surface area contributed by atoms with E-state index in [1.165, 1.54) is 16.7 Å². The lowest BCUT2D eigenvalue weighted by atomic mass is 9.97. The van der Waals surface area contributed by atoms with E-state index in [4.69, 9.17) is 0 Å². The van der Waals surface area contributed by atoms with Gasteiger partial charge in [0.2, 0.25) is 0 Å². The van der Waals surface area contributed by atoms with Crippen molar-refractivity contribution < 1.29 is 0 Å². The van der Waals surface area contributed by atoms with Crippen LogP contribution in [-0.4, -0.2) is 4.98 Å². The zero-order valence-corrected chi connectivity index (χ0v) is 11.4. The third-order valence-corrected chi connectivity index (χ3v) is 3.09. The molecule has 0 saturated heterocycles. The Morgan fingerprint density at radius 1 is 1.16 bits per heavy atom. The predicted octanol–water partition coefficient (Wildman–Crippen LogP) is 4.07. The molecular weight excluding hydrogens is 232 g/mol. The van der Waals surface area contributed by atoms with Crippen LogP contribution in [0.5, 0.6) is 0 Å². The minimum atomic E-state index is 0.593. The zero-order valence-electron chi connectivity index (χ0n) is 11.4. The molecule has 2 rings (SSSR count). The minimum absolute atomic E-state index is 0.593. The first-order chi connectivity index (χ1) is 9.11. The molecule has 2 aromatic rings. The van der Waals surface area contributed by atoms with Gasteiger partial charge in [0.1, 0.15) is 6.07 Å². The zero-order chi connectivity index (χ0) is 13.8. The molecule has 94 valence electrons. The largest absolute Gasteiger partial charge is 0.256 e. The minimum Gasteiger partial charge on any atom is -0.256 e. The van der Waals surface area contributed by atoms with Gasteiger partial charge in [-0.2, -0.15) is 5.26 Å². The Kier molecular flexibility index (Phi) is 3.77. The molecule has 2 heteroatoms. The van der Waals surface area contributed by atoms with Crippen LogP contribution in [0.1, 0.15) is 27.9 Å². The fourth-order valence-corrected chi connectivity index (χ4v) is 2.25. The maximum Gasteiger partial charge on any atom is 0.101 e. The summed E-state index contributed by atoms with van der Waals surface area (Å²) in [4.78, 5) is 4.23. The molecule has 0 aliphatic heterocycles. The van der Waals surface area contributed by atoms with Gasteiger partial charge in [-0.3, -0.25) is 4.98 Å². The van der Waals surface area contributed by atoms with Crippen molar-refractivity contribution in [3.63, 3.8) is 0 Å². The van der Waals surface area contributed by atoms with Gasteiger partial charge < -0.3 is 0 Å². The average Bonchev–Trinajstić information content (AvgIpc) is 2.39. The Bertz CT molecular complexity index is 638. The van der Waals surface area contributed by atoms with Crippen LogP contribution in [0.2, 0.25) is 0 Å². The molecule has 0 aliphatic carbocycles. The fourth-order valence-electron chi connectivity index (χ4n) is 2.25. The topological polar surface area (TPSA) is 36.7 Å². The highest BCUT2D eigenvalue weighted by atomic mass is 14.7. The maximum atomic E-state index is 9.32. The van der Waals surface area contributed by atoms with E-state index in [0.29, 0.717) is 11.3 Å². The fraction of sp³-hybridized carbons (Fsp3) is 0.176. The molecule has 0 unspecified atom stereocenters. The van der Waals surface area contributed by atoms with Crippen molar-refractivity contribution in [2.45, 2.75) is 20.8 Å². The third-order valence-electron chi connectivity index (χ3n) is 3.09. The molecule has 0 N–H and O–H groups in total. The van der Waals surface area contributed by atoms with Crippen LogP contribution >= 0.6 is 0 Å². The van der Waals surface area contributed by atoms with Gasteiger partial charge in [0.05, 0.1) is 11.3 Å². The van der Waals surface area contributed by atoms with E-state index in [1.54, 1.807) is 6.20 Å². The Balaban J connectivity index is 2.54. The Morgan fingerprint density at radius 2 is 1.84 bits per heavy atom. The molecule has 0 atom stereocenters. The molecule has 0 radical (unpaired) electrons. The summed E-state index contributed by atoms with van der Waals surface area (Å²) in [5.74, 6) is 0. The van der Waals surface area contributed by atoms with E-state index in [0.717, 1.165) is 5.56 Å². The van der Waals surface area contributed by atoms with Gasteiger partial charge in [-0.15, -0.1) is 0 Å². The van der Waals surface area contributed by atoms with Crippen molar-refractivity contribution in [3.05, 3.63) is 64.5 Å². The number of aryl methyl sites for hydroxylation is 3. The molecular formula is C17H16N2. The number of hydrogen-bond donors (Lipinski definition) is 0. The number of aromatic nitrogens is 1. The van der Waals surface area contributed by atoms with Crippen LogP contribution < -0.4 is 0 Å². The summed E-state index contributed by atoms with van der Waals surface area (Å²) in [5.41, 5.74) is 6.01. The van der Waals surface area contributed by atoms with Gasteiger partial charge in [0.15, 0.2) is 0 Å². The Labute approximate surface area is 114 Å². The van der Waals surface area contributed by atoms with Gasteiger partial charge >= 0.3 is 0 Å². The first-order valence-corrected chi connectivity index (χ1v) is 6.23. The van der Waals surface area contributed by atoms with Crippen LogP contribution in [-0.2, 0) is 0 Å². The van der Waals surface area contributed by atoms with Crippen molar-refractivity contribution in [2.24, 2.45) is 0 Å². The number of nitrogens with zero attached hydrogens (tertiary/aromatic N) is 2. The number of rotatable bonds is 2. The highest BCUT2D eigenvalue weighted by Crippen LogP contribution is 2.22. The van der Waals surface area contributed by atoms with Crippen LogP contribution in [0.3, 0.4) is 0 Å². The van der Waals surface area contributed by atoms with Crippen LogP contribution in [0.15, 0.2) is 36.5 Å². The summed E-state index contributed by atoms with van der Waals surface area (Å²) in [5, 5.41) is 9.32. The third kappa shape index (κ3) is 2.89. The van der Waals surface area contributed by atoms with Crippen molar-refractivity contribution >= 4 is 11.6 Å². The summed E-state index contributed by atoms with van der Waals surface area (Å²) >= 11 is 0. The Hall–Kier alpha value is -2.40. The lowest BCUT2D eigenvalue weighted by Crippen LogP contribution is -1.91. The van der Waals surface area contributed by atoms with E-state index in [9.17, 15) is 5.26 Å². The van der Waals surface area contributed by atoms with E-state index in [-0.39, 0.29) is 0 Å². The van der Waals surface area contributed by atoms with Crippen molar-refractivity contribution in [3.8, 4) is 6.07 Å². The van der Waals surface area contributed by atoms with Crippen molar-refractivity contribution in [1.82, 2.24) is 4.98 Å². The molecule has 0 bridgehead atoms. The summed E-state index contributed by atoms with van der Waals surface area (Å²) in [6.07, 6.45) is 3.63. The summed E-state index contributed by atoms with van der Waals surface area (Å²) in [7, 11) is 0. The average molecular weight is 248 g/mol. The quantitative estimate of drug-likeness (QED) is 0.751. The predicted molar refractivity (Wildman–Crippen MR) is 78.4 cm³/mol. The lowest BCUT2D eigenvalue weighted by molar-refractivity contribution is 1.28.